The van der Waals surface area contributed by atoms with Crippen LogP contribution in [0.2, 0.25) is 0 Å². The van der Waals surface area contributed by atoms with Gasteiger partial charge in [-0.1, -0.05) is 6.58 Å². The van der Waals surface area contributed by atoms with Gasteiger partial charge in [-0.3, -0.25) is 4.79 Å². The summed E-state index contributed by atoms with van der Waals surface area (Å²) >= 11 is 1.33. The van der Waals surface area contributed by atoms with Gasteiger partial charge in [0.05, 0.1) is 16.8 Å². The van der Waals surface area contributed by atoms with Crippen molar-refractivity contribution in [3.8, 4) is 10.6 Å². The van der Waals surface area contributed by atoms with E-state index in [0.29, 0.717) is 38.7 Å². The molecule has 5 rings (SSSR count). The molecule has 3 N–H and O–H groups in total. The first-order valence-corrected chi connectivity index (χ1v) is 11.5. The number of carbonyl (C=O) groups excluding carboxylic acids is 1. The fraction of sp³-hybridized carbons (Fsp3) is 0.304. The molecular formula is C23H24N6O3S. The Kier molecular flexibility index (Phi) is 4.97. The third-order valence-corrected chi connectivity index (χ3v) is 6.07. The molecule has 1 aliphatic rings. The molecule has 9 nitrogen and oxygen atoms in total. The highest BCUT2D eigenvalue weighted by molar-refractivity contribution is 7.17. The molecule has 0 saturated heterocycles. The van der Waals surface area contributed by atoms with Crippen LogP contribution >= 0.6 is 11.3 Å². The molecular weight excluding hydrogens is 440 g/mol. The molecule has 33 heavy (non-hydrogen) atoms. The molecule has 0 spiro atoms. The van der Waals surface area contributed by atoms with Crippen LogP contribution in [-0.2, 0) is 4.74 Å². The number of aromatic amines is 2. The van der Waals surface area contributed by atoms with E-state index in [0.717, 1.165) is 23.5 Å². The Morgan fingerprint density at radius 2 is 2.12 bits per heavy atom. The normalized spacial score (nSPS) is 14.7. The molecule has 1 saturated carbocycles. The van der Waals surface area contributed by atoms with Crippen LogP contribution in [0.5, 0.6) is 0 Å². The van der Waals surface area contributed by atoms with Crippen molar-refractivity contribution in [3.63, 3.8) is 0 Å². The fourth-order valence-electron chi connectivity index (χ4n) is 3.37. The summed E-state index contributed by atoms with van der Waals surface area (Å²) in [5.74, 6) is 0.451. The van der Waals surface area contributed by atoms with Gasteiger partial charge in [0.2, 0.25) is 0 Å². The highest BCUT2D eigenvalue weighted by Crippen LogP contribution is 2.32. The van der Waals surface area contributed by atoms with E-state index >= 15 is 0 Å². The van der Waals surface area contributed by atoms with Gasteiger partial charge in [0.25, 0.3) is 5.56 Å². The Hall–Kier alpha value is -3.66. The molecule has 1 fully saturated rings. The number of H-pyrrole nitrogens is 2. The molecule has 0 radical (unpaired) electrons. The van der Waals surface area contributed by atoms with E-state index in [-0.39, 0.29) is 11.5 Å². The maximum Gasteiger partial charge on any atom is 0.348 e. The molecule has 0 aliphatic heterocycles. The van der Waals surface area contributed by atoms with Crippen LogP contribution in [0.25, 0.3) is 28.9 Å². The number of ether oxygens (including phenoxy) is 1. The first-order chi connectivity index (χ1) is 15.7. The topological polar surface area (TPSA) is 117 Å². The van der Waals surface area contributed by atoms with E-state index in [1.165, 1.54) is 11.3 Å². The second-order valence-electron chi connectivity index (χ2n) is 9.06. The van der Waals surface area contributed by atoms with Gasteiger partial charge in [0, 0.05) is 17.7 Å². The lowest BCUT2D eigenvalue weighted by Gasteiger charge is -2.18. The van der Waals surface area contributed by atoms with Crippen LogP contribution < -0.4 is 21.7 Å². The Bertz CT molecular complexity index is 1530. The monoisotopic (exact) mass is 464 g/mol. The minimum absolute atomic E-state index is 0.257. The second-order valence-corrected chi connectivity index (χ2v) is 10.1. The lowest BCUT2D eigenvalue weighted by atomic mass is 10.2. The lowest BCUT2D eigenvalue weighted by Crippen LogP contribution is -2.23. The van der Waals surface area contributed by atoms with Crippen LogP contribution in [0.4, 0.5) is 5.82 Å². The molecule has 0 aromatic carbocycles. The Morgan fingerprint density at radius 3 is 2.79 bits per heavy atom. The van der Waals surface area contributed by atoms with Crippen molar-refractivity contribution in [1.29, 1.82) is 0 Å². The maximum atomic E-state index is 12.5. The predicted molar refractivity (Wildman–Crippen MR) is 128 cm³/mol. The number of carbonyl (C=O) groups is 1. The highest BCUT2D eigenvalue weighted by atomic mass is 32.1. The van der Waals surface area contributed by atoms with Crippen LogP contribution in [0.1, 0.15) is 48.8 Å². The van der Waals surface area contributed by atoms with Crippen molar-refractivity contribution >= 4 is 41.4 Å². The Balaban J connectivity index is 1.60. The number of anilines is 1. The zero-order valence-electron chi connectivity index (χ0n) is 18.6. The SMILES string of the molecule is C=c1[nH]c(=O)/c(=C/c2cnn3c(NC4CC4)cc(-c4ccc(C(=O)OC(C)(C)C)s4)nc23)[nH]1. The van der Waals surface area contributed by atoms with Gasteiger partial charge >= 0.3 is 5.97 Å². The zero-order valence-corrected chi connectivity index (χ0v) is 19.4. The molecule has 4 aromatic heterocycles. The number of aromatic nitrogens is 5. The van der Waals surface area contributed by atoms with Gasteiger partial charge in [0.15, 0.2) is 5.65 Å². The first kappa shape index (κ1) is 21.2. The number of rotatable bonds is 5. The standard InChI is InChI=1S/C23H24N6O3S/c1-12-25-16(21(30)26-12)9-13-11-24-29-19(27-14-5-6-14)10-15(28-20(13)29)17-7-8-18(33-17)22(31)32-23(2,3)4/h7-11,14,25,27H,1,5-6H2,2-4H3,(H,26,30)/b16-9-. The van der Waals surface area contributed by atoms with Crippen molar-refractivity contribution in [1.82, 2.24) is 24.6 Å². The van der Waals surface area contributed by atoms with Gasteiger partial charge in [-0.05, 0) is 51.8 Å². The largest absolute Gasteiger partial charge is 0.456 e. The number of hydrogen-bond donors (Lipinski definition) is 3. The number of imidazole rings is 1. The summed E-state index contributed by atoms with van der Waals surface area (Å²) in [6, 6.07) is 5.96. The van der Waals surface area contributed by atoms with Crippen molar-refractivity contribution in [2.75, 3.05) is 5.32 Å². The number of fused-ring (bicyclic) bond motifs is 1. The van der Waals surface area contributed by atoms with Crippen molar-refractivity contribution in [2.24, 2.45) is 0 Å². The Labute approximate surface area is 192 Å². The van der Waals surface area contributed by atoms with E-state index in [9.17, 15) is 9.59 Å². The zero-order chi connectivity index (χ0) is 23.3. The molecule has 0 unspecified atom stereocenters. The van der Waals surface area contributed by atoms with Gasteiger partial charge in [-0.2, -0.15) is 9.61 Å². The average molecular weight is 465 g/mol. The fourth-order valence-corrected chi connectivity index (χ4v) is 4.22. The lowest BCUT2D eigenvalue weighted by molar-refractivity contribution is 0.00752. The third-order valence-electron chi connectivity index (χ3n) is 4.98. The summed E-state index contributed by atoms with van der Waals surface area (Å²) in [6.45, 7) is 9.25. The van der Waals surface area contributed by atoms with Crippen molar-refractivity contribution in [2.45, 2.75) is 45.3 Å². The third kappa shape index (κ3) is 4.47. The van der Waals surface area contributed by atoms with E-state index < -0.39 is 5.60 Å². The van der Waals surface area contributed by atoms with Crippen LogP contribution in [-0.4, -0.2) is 42.2 Å². The summed E-state index contributed by atoms with van der Waals surface area (Å²) < 4.78 is 7.23. The minimum atomic E-state index is -0.564. The van der Waals surface area contributed by atoms with Crippen LogP contribution in [0, 0.1) is 0 Å². The smallest absolute Gasteiger partial charge is 0.348 e. The summed E-state index contributed by atoms with van der Waals surface area (Å²) in [6.07, 6.45) is 5.58. The highest BCUT2D eigenvalue weighted by Gasteiger charge is 2.24. The van der Waals surface area contributed by atoms with Crippen LogP contribution in [0.3, 0.4) is 0 Å². The predicted octanol–water partition coefficient (Wildman–Crippen LogP) is 2.24. The average Bonchev–Trinajstić information content (AvgIpc) is 3.11. The number of thiophene rings is 1. The molecule has 4 heterocycles. The Morgan fingerprint density at radius 1 is 1.33 bits per heavy atom. The van der Waals surface area contributed by atoms with Gasteiger partial charge in [0.1, 0.15) is 27.1 Å². The van der Waals surface area contributed by atoms with Gasteiger partial charge < -0.3 is 20.0 Å². The molecule has 1 aliphatic carbocycles. The molecule has 0 amide bonds. The molecule has 170 valence electrons. The summed E-state index contributed by atoms with van der Waals surface area (Å²) in [7, 11) is 0. The molecule has 10 heteroatoms. The van der Waals surface area contributed by atoms with Gasteiger partial charge in [-0.15, -0.1) is 11.3 Å². The molecule has 0 bridgehead atoms. The number of hydrogen-bond acceptors (Lipinski definition) is 7. The first-order valence-electron chi connectivity index (χ1n) is 10.6. The maximum absolute atomic E-state index is 12.5. The quantitative estimate of drug-likeness (QED) is 0.390. The summed E-state index contributed by atoms with van der Waals surface area (Å²) in [5, 5.41) is 8.36. The summed E-state index contributed by atoms with van der Waals surface area (Å²) in [5.41, 5.74) is 1.60. The second kappa shape index (κ2) is 7.73. The number of esters is 1. The molecule has 0 atom stereocenters. The number of nitrogens with one attached hydrogen (secondary N) is 3. The van der Waals surface area contributed by atoms with E-state index in [2.05, 4.69) is 27.0 Å². The van der Waals surface area contributed by atoms with Crippen molar-refractivity contribution in [3.05, 3.63) is 56.0 Å². The van der Waals surface area contributed by atoms with E-state index in [4.69, 9.17) is 9.72 Å². The number of nitrogens with zero attached hydrogens (tertiary/aromatic N) is 3. The van der Waals surface area contributed by atoms with Gasteiger partial charge in [-0.25, -0.2) is 9.78 Å². The minimum Gasteiger partial charge on any atom is -0.456 e. The summed E-state index contributed by atoms with van der Waals surface area (Å²) in [4.78, 5) is 36.3. The molecule has 4 aromatic rings. The van der Waals surface area contributed by atoms with E-state index in [1.54, 1.807) is 22.9 Å². The van der Waals surface area contributed by atoms with Crippen molar-refractivity contribution < 1.29 is 9.53 Å². The van der Waals surface area contributed by atoms with Crippen LogP contribution in [0.15, 0.2) is 29.2 Å². The van der Waals surface area contributed by atoms with E-state index in [1.807, 2.05) is 32.9 Å².